The minimum absolute atomic E-state index is 0.0306. The van der Waals surface area contributed by atoms with Gasteiger partial charge in [-0.15, -0.1) is 10.2 Å². The minimum atomic E-state index is -3.75. The van der Waals surface area contributed by atoms with Crippen molar-refractivity contribution in [2.24, 2.45) is 0 Å². The third-order valence-electron chi connectivity index (χ3n) is 2.67. The molecule has 2 rings (SSSR count). The summed E-state index contributed by atoms with van der Waals surface area (Å²) in [5.74, 6) is 0.249. The summed E-state index contributed by atoms with van der Waals surface area (Å²) in [5.41, 5.74) is 0.834. The summed E-state index contributed by atoms with van der Waals surface area (Å²) in [5, 5.41) is 16.2. The van der Waals surface area contributed by atoms with Crippen LogP contribution >= 0.6 is 11.6 Å². The van der Waals surface area contributed by atoms with E-state index in [1.807, 2.05) is 6.92 Å². The molecular weight excluding hydrogens is 316 g/mol. The van der Waals surface area contributed by atoms with Gasteiger partial charge in [0.1, 0.15) is 4.90 Å². The van der Waals surface area contributed by atoms with Crippen molar-refractivity contribution in [3.63, 3.8) is 0 Å². The van der Waals surface area contributed by atoms with E-state index in [-0.39, 0.29) is 22.3 Å². The quantitative estimate of drug-likeness (QED) is 0.679. The number of nitrogens with one attached hydrogen (secondary N) is 3. The lowest BCUT2D eigenvalue weighted by atomic mass is 10.2. The number of tetrazole rings is 1. The van der Waals surface area contributed by atoms with E-state index >= 15 is 0 Å². The molecule has 0 spiro atoms. The number of rotatable bonds is 7. The Kier molecular flexibility index (Phi) is 5.23. The summed E-state index contributed by atoms with van der Waals surface area (Å²) in [6.45, 7) is 3.27. The second kappa shape index (κ2) is 6.94. The van der Waals surface area contributed by atoms with Gasteiger partial charge in [-0.25, -0.2) is 13.1 Å². The van der Waals surface area contributed by atoms with Gasteiger partial charge in [-0.1, -0.05) is 29.8 Å². The van der Waals surface area contributed by atoms with Crippen LogP contribution in [0.5, 0.6) is 0 Å². The number of nitrogens with zero attached hydrogens (tertiary/aromatic N) is 3. The lowest BCUT2D eigenvalue weighted by Gasteiger charge is -2.09. The molecular formula is C11H15ClN6O2S. The van der Waals surface area contributed by atoms with E-state index in [0.717, 1.165) is 12.1 Å². The topological polar surface area (TPSA) is 113 Å². The van der Waals surface area contributed by atoms with Crippen LogP contribution in [0.15, 0.2) is 23.1 Å². The van der Waals surface area contributed by atoms with Crippen LogP contribution < -0.4 is 10.0 Å². The first-order valence-electron chi connectivity index (χ1n) is 6.24. The van der Waals surface area contributed by atoms with Crippen molar-refractivity contribution in [2.45, 2.75) is 24.9 Å². The van der Waals surface area contributed by atoms with Crippen LogP contribution in [0, 0.1) is 0 Å². The number of H-pyrrole nitrogens is 1. The molecule has 0 unspecified atom stereocenters. The summed E-state index contributed by atoms with van der Waals surface area (Å²) in [6.07, 6.45) is 0. The summed E-state index contributed by atoms with van der Waals surface area (Å²) < 4.78 is 26.9. The smallest absolute Gasteiger partial charge is 0.242 e. The van der Waals surface area contributed by atoms with E-state index in [2.05, 4.69) is 30.7 Å². The molecule has 1 aromatic carbocycles. The maximum absolute atomic E-state index is 12.3. The van der Waals surface area contributed by atoms with Crippen molar-refractivity contribution in [1.29, 1.82) is 0 Å². The first kappa shape index (κ1) is 15.8. The van der Waals surface area contributed by atoms with Crippen molar-refractivity contribution >= 4 is 21.6 Å². The molecule has 10 heteroatoms. The number of sulfonamides is 1. The number of benzene rings is 1. The average Bonchev–Trinajstić information content (AvgIpc) is 2.97. The zero-order valence-corrected chi connectivity index (χ0v) is 12.9. The van der Waals surface area contributed by atoms with Gasteiger partial charge in [0.25, 0.3) is 0 Å². The Morgan fingerprint density at radius 3 is 2.81 bits per heavy atom. The largest absolute Gasteiger partial charge is 0.313 e. The van der Waals surface area contributed by atoms with E-state index in [1.165, 1.54) is 0 Å². The highest BCUT2D eigenvalue weighted by molar-refractivity contribution is 7.89. The Morgan fingerprint density at radius 2 is 2.14 bits per heavy atom. The number of halogens is 1. The molecule has 21 heavy (non-hydrogen) atoms. The minimum Gasteiger partial charge on any atom is -0.313 e. The molecule has 0 radical (unpaired) electrons. The predicted molar refractivity (Wildman–Crippen MR) is 77.0 cm³/mol. The lowest BCUT2D eigenvalue weighted by Crippen LogP contribution is -2.24. The molecule has 0 amide bonds. The number of aromatic amines is 1. The number of aromatic nitrogens is 4. The van der Waals surface area contributed by atoms with Crippen LogP contribution in [0.25, 0.3) is 0 Å². The molecule has 0 saturated heterocycles. The van der Waals surface area contributed by atoms with E-state index in [9.17, 15) is 8.42 Å². The molecule has 0 fully saturated rings. The van der Waals surface area contributed by atoms with Gasteiger partial charge in [0.05, 0.1) is 11.6 Å². The first-order chi connectivity index (χ1) is 10.0. The molecule has 0 aliphatic heterocycles. The molecule has 0 aliphatic carbocycles. The fourth-order valence-electron chi connectivity index (χ4n) is 1.63. The molecule has 0 saturated carbocycles. The average molecular weight is 331 g/mol. The van der Waals surface area contributed by atoms with Gasteiger partial charge in [0, 0.05) is 6.54 Å². The highest BCUT2D eigenvalue weighted by Crippen LogP contribution is 2.22. The molecule has 114 valence electrons. The standard InChI is InChI=1S/C11H15ClN6O2S/c1-2-13-6-8-3-4-9(12)10(5-8)21(19,20)14-7-11-15-17-18-16-11/h3-5,13-14H,2,6-7H2,1H3,(H,15,16,17,18). The monoisotopic (exact) mass is 330 g/mol. The Morgan fingerprint density at radius 1 is 1.33 bits per heavy atom. The van der Waals surface area contributed by atoms with Gasteiger partial charge in [-0.2, -0.15) is 5.21 Å². The summed E-state index contributed by atoms with van der Waals surface area (Å²) >= 11 is 5.99. The Balaban J connectivity index is 2.17. The van der Waals surface area contributed by atoms with Crippen LogP contribution in [0.2, 0.25) is 5.02 Å². The van der Waals surface area contributed by atoms with Crippen molar-refractivity contribution < 1.29 is 8.42 Å². The fourth-order valence-corrected chi connectivity index (χ4v) is 3.16. The van der Waals surface area contributed by atoms with Crippen molar-refractivity contribution in [2.75, 3.05) is 6.54 Å². The third kappa shape index (κ3) is 4.21. The summed E-state index contributed by atoms with van der Waals surface area (Å²) in [4.78, 5) is 0.0306. The van der Waals surface area contributed by atoms with E-state index < -0.39 is 10.0 Å². The Labute approximate surface area is 127 Å². The molecule has 0 bridgehead atoms. The molecule has 1 aromatic heterocycles. The molecule has 3 N–H and O–H groups in total. The van der Waals surface area contributed by atoms with Crippen LogP contribution in [-0.2, 0) is 23.1 Å². The number of hydrogen-bond donors (Lipinski definition) is 3. The summed E-state index contributed by atoms with van der Waals surface area (Å²) in [6, 6.07) is 4.89. The van der Waals surface area contributed by atoms with Crippen molar-refractivity contribution in [3.05, 3.63) is 34.6 Å². The predicted octanol–water partition coefficient (Wildman–Crippen LogP) is 0.441. The molecule has 8 nitrogen and oxygen atoms in total. The van der Waals surface area contributed by atoms with Gasteiger partial charge in [0.15, 0.2) is 5.82 Å². The second-order valence-electron chi connectivity index (χ2n) is 4.20. The van der Waals surface area contributed by atoms with E-state index in [0.29, 0.717) is 6.54 Å². The third-order valence-corrected chi connectivity index (χ3v) is 4.56. The SMILES string of the molecule is CCNCc1ccc(Cl)c(S(=O)(=O)NCc2nn[nH]n2)c1. The van der Waals surface area contributed by atoms with Gasteiger partial charge in [-0.3, -0.25) is 0 Å². The van der Waals surface area contributed by atoms with Crippen molar-refractivity contribution in [3.8, 4) is 0 Å². The maximum atomic E-state index is 12.3. The maximum Gasteiger partial charge on any atom is 0.242 e. The van der Waals surface area contributed by atoms with E-state index in [1.54, 1.807) is 18.2 Å². The highest BCUT2D eigenvalue weighted by Gasteiger charge is 2.19. The van der Waals surface area contributed by atoms with Gasteiger partial charge < -0.3 is 5.32 Å². The van der Waals surface area contributed by atoms with Crippen LogP contribution in [0.4, 0.5) is 0 Å². The van der Waals surface area contributed by atoms with E-state index in [4.69, 9.17) is 11.6 Å². The number of hydrogen-bond acceptors (Lipinski definition) is 6. The fraction of sp³-hybridized carbons (Fsp3) is 0.364. The zero-order valence-electron chi connectivity index (χ0n) is 11.3. The van der Waals surface area contributed by atoms with Crippen molar-refractivity contribution in [1.82, 2.24) is 30.7 Å². The lowest BCUT2D eigenvalue weighted by molar-refractivity contribution is 0.579. The first-order valence-corrected chi connectivity index (χ1v) is 8.10. The highest BCUT2D eigenvalue weighted by atomic mass is 35.5. The van der Waals surface area contributed by atoms with Gasteiger partial charge in [-0.05, 0) is 24.2 Å². The Bertz CT molecular complexity index is 689. The molecule has 0 aliphatic rings. The molecule has 2 aromatic rings. The summed E-state index contributed by atoms with van der Waals surface area (Å²) in [7, 11) is -3.75. The van der Waals surface area contributed by atoms with Crippen LogP contribution in [0.3, 0.4) is 0 Å². The molecule has 0 atom stereocenters. The Hall–Kier alpha value is -1.55. The second-order valence-corrected chi connectivity index (χ2v) is 6.34. The van der Waals surface area contributed by atoms with Crippen LogP contribution in [-0.4, -0.2) is 35.6 Å². The van der Waals surface area contributed by atoms with Gasteiger partial charge in [0.2, 0.25) is 10.0 Å². The van der Waals surface area contributed by atoms with Crippen LogP contribution in [0.1, 0.15) is 18.3 Å². The molecule has 1 heterocycles. The normalized spacial score (nSPS) is 11.7. The van der Waals surface area contributed by atoms with Gasteiger partial charge >= 0.3 is 0 Å². The zero-order chi connectivity index (χ0) is 15.3.